The molecule has 3 aromatic rings. The molecule has 152 valence electrons. The highest BCUT2D eigenvalue weighted by molar-refractivity contribution is 5.94. The molecule has 30 heavy (non-hydrogen) atoms. The second-order valence-electron chi connectivity index (χ2n) is 7.54. The fourth-order valence-corrected chi connectivity index (χ4v) is 3.55. The lowest BCUT2D eigenvalue weighted by Crippen LogP contribution is -2.26. The predicted octanol–water partition coefficient (Wildman–Crippen LogP) is 2.69. The third-order valence-corrected chi connectivity index (χ3v) is 5.05. The van der Waals surface area contributed by atoms with E-state index in [-0.39, 0.29) is 11.8 Å². The molecule has 0 radical (unpaired) electrons. The number of fused-ring (bicyclic) bond motifs is 2. The van der Waals surface area contributed by atoms with Crippen LogP contribution >= 0.6 is 0 Å². The number of rotatable bonds is 4. The first-order valence-corrected chi connectivity index (χ1v) is 9.72. The molecule has 0 saturated heterocycles. The van der Waals surface area contributed by atoms with Crippen LogP contribution in [0.1, 0.15) is 16.7 Å². The minimum atomic E-state index is -0.108. The summed E-state index contributed by atoms with van der Waals surface area (Å²) < 4.78 is 0. The number of amides is 2. The van der Waals surface area contributed by atoms with E-state index in [1.165, 1.54) is 0 Å². The molecule has 1 aliphatic rings. The van der Waals surface area contributed by atoms with E-state index in [9.17, 15) is 9.59 Å². The summed E-state index contributed by atoms with van der Waals surface area (Å²) in [6.45, 7) is 1.41. The second kappa shape index (κ2) is 8.42. The number of pyridine rings is 2. The van der Waals surface area contributed by atoms with Gasteiger partial charge in [-0.15, -0.1) is 0 Å². The van der Waals surface area contributed by atoms with Crippen molar-refractivity contribution in [2.24, 2.45) is 0 Å². The first kappa shape index (κ1) is 19.7. The Morgan fingerprint density at radius 1 is 1.23 bits per heavy atom. The monoisotopic (exact) mass is 401 g/mol. The molecule has 1 N–H and O–H groups in total. The topological polar surface area (TPSA) is 78.4 Å². The maximum atomic E-state index is 12.6. The summed E-state index contributed by atoms with van der Waals surface area (Å²) >= 11 is 0. The van der Waals surface area contributed by atoms with Crippen LogP contribution in [0.5, 0.6) is 0 Å². The number of nitrogens with one attached hydrogen (secondary N) is 1. The number of benzene rings is 1. The van der Waals surface area contributed by atoms with Crippen molar-refractivity contribution in [2.45, 2.75) is 13.1 Å². The minimum absolute atomic E-state index is 0.0771. The SMILES string of the molecule is CN1CC(=O)Nc2ncc(/C=C/C(=O)N(C)Cc3cncc4ccccc34)cc2C1. The lowest BCUT2D eigenvalue weighted by molar-refractivity contribution is -0.125. The zero-order valence-electron chi connectivity index (χ0n) is 17.0. The zero-order chi connectivity index (χ0) is 21.1. The van der Waals surface area contributed by atoms with E-state index in [1.807, 2.05) is 48.5 Å². The molecular weight excluding hydrogens is 378 g/mol. The summed E-state index contributed by atoms with van der Waals surface area (Å²) in [4.78, 5) is 36.6. The smallest absolute Gasteiger partial charge is 0.246 e. The van der Waals surface area contributed by atoms with Crippen LogP contribution in [0.15, 0.2) is 55.0 Å². The van der Waals surface area contributed by atoms with Crippen molar-refractivity contribution in [3.63, 3.8) is 0 Å². The Kier molecular flexibility index (Phi) is 5.54. The molecule has 0 unspecified atom stereocenters. The third kappa shape index (κ3) is 4.36. The largest absolute Gasteiger partial charge is 0.338 e. The van der Waals surface area contributed by atoms with Crippen molar-refractivity contribution >= 4 is 34.5 Å². The lowest BCUT2D eigenvalue weighted by atomic mass is 10.1. The third-order valence-electron chi connectivity index (χ3n) is 5.05. The molecule has 0 fully saturated rings. The van der Waals surface area contributed by atoms with Crippen LogP contribution in [0, 0.1) is 0 Å². The highest BCUT2D eigenvalue weighted by atomic mass is 16.2. The maximum Gasteiger partial charge on any atom is 0.246 e. The van der Waals surface area contributed by atoms with Crippen LogP contribution in [0.2, 0.25) is 0 Å². The summed E-state index contributed by atoms with van der Waals surface area (Å²) in [7, 11) is 3.66. The molecule has 4 rings (SSSR count). The number of carbonyl (C=O) groups excluding carboxylic acids is 2. The molecule has 2 aromatic heterocycles. The Balaban J connectivity index is 1.47. The normalized spacial score (nSPS) is 14.4. The van der Waals surface area contributed by atoms with E-state index in [0.29, 0.717) is 25.5 Å². The number of likely N-dealkylation sites (N-methyl/N-ethyl adjacent to an activating group) is 2. The van der Waals surface area contributed by atoms with E-state index in [1.54, 1.807) is 36.5 Å². The molecule has 2 amide bonds. The fraction of sp³-hybridized carbons (Fsp3) is 0.217. The molecular formula is C23H23N5O2. The average Bonchev–Trinajstić information content (AvgIpc) is 2.88. The van der Waals surface area contributed by atoms with Gasteiger partial charge in [-0.25, -0.2) is 4.98 Å². The van der Waals surface area contributed by atoms with Gasteiger partial charge in [0.15, 0.2) is 0 Å². The number of hydrogen-bond donors (Lipinski definition) is 1. The highest BCUT2D eigenvalue weighted by Gasteiger charge is 2.17. The Morgan fingerprint density at radius 2 is 2.07 bits per heavy atom. The van der Waals surface area contributed by atoms with E-state index in [0.717, 1.165) is 27.5 Å². The van der Waals surface area contributed by atoms with Crippen molar-refractivity contribution in [3.05, 3.63) is 71.7 Å². The Morgan fingerprint density at radius 3 is 2.93 bits per heavy atom. The molecule has 0 saturated carbocycles. The van der Waals surface area contributed by atoms with E-state index >= 15 is 0 Å². The van der Waals surface area contributed by atoms with Crippen LogP contribution < -0.4 is 5.32 Å². The van der Waals surface area contributed by atoms with Gasteiger partial charge in [0.05, 0.1) is 6.54 Å². The van der Waals surface area contributed by atoms with Gasteiger partial charge in [0.2, 0.25) is 11.8 Å². The van der Waals surface area contributed by atoms with Gasteiger partial charge >= 0.3 is 0 Å². The second-order valence-corrected chi connectivity index (χ2v) is 7.54. The standard InChI is InChI=1S/C23H23N5O2/c1-27-13-18-9-16(10-25-23(18)26-21(29)15-27)7-8-22(30)28(2)14-19-12-24-11-17-5-3-4-6-20(17)19/h3-12H,13-15H2,1-2H3,(H,25,26,29)/b8-7+. The molecule has 7 heteroatoms. The minimum Gasteiger partial charge on any atom is -0.338 e. The molecule has 3 heterocycles. The van der Waals surface area contributed by atoms with Crippen LogP contribution in [-0.4, -0.2) is 52.2 Å². The van der Waals surface area contributed by atoms with Crippen LogP contribution in [0.3, 0.4) is 0 Å². The van der Waals surface area contributed by atoms with Gasteiger partial charge in [0.1, 0.15) is 5.82 Å². The molecule has 0 aliphatic carbocycles. The lowest BCUT2D eigenvalue weighted by Gasteiger charge is -2.16. The van der Waals surface area contributed by atoms with Crippen molar-refractivity contribution < 1.29 is 9.59 Å². The number of hydrogen-bond acceptors (Lipinski definition) is 5. The first-order chi connectivity index (χ1) is 14.5. The molecule has 0 spiro atoms. The van der Waals surface area contributed by atoms with Crippen LogP contribution in [-0.2, 0) is 22.7 Å². The predicted molar refractivity (Wildman–Crippen MR) is 116 cm³/mol. The van der Waals surface area contributed by atoms with E-state index in [4.69, 9.17) is 0 Å². The van der Waals surface area contributed by atoms with Gasteiger partial charge in [0.25, 0.3) is 0 Å². The maximum absolute atomic E-state index is 12.6. The van der Waals surface area contributed by atoms with Gasteiger partial charge in [0, 0.05) is 55.8 Å². The number of aromatic nitrogens is 2. The Bertz CT molecular complexity index is 1140. The summed E-state index contributed by atoms with van der Waals surface area (Å²) in [5.41, 5.74) is 2.74. The van der Waals surface area contributed by atoms with Gasteiger partial charge in [-0.05, 0) is 35.7 Å². The van der Waals surface area contributed by atoms with Crippen LogP contribution in [0.25, 0.3) is 16.8 Å². The highest BCUT2D eigenvalue weighted by Crippen LogP contribution is 2.20. The van der Waals surface area contributed by atoms with Crippen molar-refractivity contribution in [1.29, 1.82) is 0 Å². The zero-order valence-corrected chi connectivity index (χ0v) is 17.0. The van der Waals surface area contributed by atoms with E-state index in [2.05, 4.69) is 15.3 Å². The van der Waals surface area contributed by atoms with Crippen molar-refractivity contribution in [1.82, 2.24) is 19.8 Å². The van der Waals surface area contributed by atoms with Gasteiger partial charge in [-0.3, -0.25) is 19.5 Å². The van der Waals surface area contributed by atoms with Gasteiger partial charge in [-0.2, -0.15) is 0 Å². The quantitative estimate of drug-likeness (QED) is 0.680. The van der Waals surface area contributed by atoms with Crippen molar-refractivity contribution in [2.75, 3.05) is 26.0 Å². The van der Waals surface area contributed by atoms with Crippen molar-refractivity contribution in [3.8, 4) is 0 Å². The Hall–Kier alpha value is -3.58. The van der Waals surface area contributed by atoms with Gasteiger partial charge < -0.3 is 10.2 Å². The molecule has 0 bridgehead atoms. The van der Waals surface area contributed by atoms with Crippen LogP contribution in [0.4, 0.5) is 5.82 Å². The summed E-state index contributed by atoms with van der Waals surface area (Å²) in [6, 6.07) is 9.96. The van der Waals surface area contributed by atoms with E-state index < -0.39 is 0 Å². The number of nitrogens with zero attached hydrogens (tertiary/aromatic N) is 4. The Labute approximate surface area is 175 Å². The fourth-order valence-electron chi connectivity index (χ4n) is 3.55. The average molecular weight is 401 g/mol. The van der Waals surface area contributed by atoms with Gasteiger partial charge in [-0.1, -0.05) is 24.3 Å². The number of carbonyl (C=O) groups is 2. The number of anilines is 1. The summed E-state index contributed by atoms with van der Waals surface area (Å²) in [5.74, 6) is 0.392. The molecule has 0 atom stereocenters. The molecule has 1 aliphatic heterocycles. The first-order valence-electron chi connectivity index (χ1n) is 9.72. The summed E-state index contributed by atoms with van der Waals surface area (Å²) in [6.07, 6.45) is 8.58. The molecule has 1 aromatic carbocycles. The molecule has 7 nitrogen and oxygen atoms in total. The summed E-state index contributed by atoms with van der Waals surface area (Å²) in [5, 5.41) is 4.96.